The van der Waals surface area contributed by atoms with Crippen LogP contribution in [0.15, 0.2) is 42.0 Å². The average molecular weight is 387 g/mol. The van der Waals surface area contributed by atoms with Gasteiger partial charge in [-0.15, -0.1) is 0 Å². The molecule has 0 saturated carbocycles. The van der Waals surface area contributed by atoms with Crippen molar-refractivity contribution in [2.75, 3.05) is 13.7 Å². The molecule has 1 N–H and O–H groups in total. The molecular formula is C25H38O3. The Labute approximate surface area is 171 Å². The third-order valence-electron chi connectivity index (χ3n) is 5.32. The molecule has 3 nitrogen and oxygen atoms in total. The second kappa shape index (κ2) is 10.6. The minimum Gasteiger partial charge on any atom is -0.478 e. The van der Waals surface area contributed by atoms with Crippen molar-refractivity contribution in [3.63, 3.8) is 0 Å². The van der Waals surface area contributed by atoms with Crippen LogP contribution >= 0.6 is 0 Å². The molecule has 0 saturated heterocycles. The van der Waals surface area contributed by atoms with Crippen LogP contribution in [0.1, 0.15) is 77.0 Å². The number of ether oxygens (including phenoxy) is 1. The van der Waals surface area contributed by atoms with Crippen LogP contribution in [0, 0.1) is 11.3 Å². The molecule has 0 fully saturated rings. The fourth-order valence-electron chi connectivity index (χ4n) is 3.40. The van der Waals surface area contributed by atoms with E-state index in [1.54, 1.807) is 7.11 Å². The summed E-state index contributed by atoms with van der Waals surface area (Å²) in [6, 6.07) is 7.00. The highest BCUT2D eigenvalue weighted by Gasteiger charge is 2.28. The van der Waals surface area contributed by atoms with Gasteiger partial charge in [0, 0.05) is 19.1 Å². The summed E-state index contributed by atoms with van der Waals surface area (Å²) in [6.45, 7) is 15.9. The smallest absolute Gasteiger partial charge is 0.328 e. The van der Waals surface area contributed by atoms with E-state index in [1.165, 1.54) is 22.8 Å². The van der Waals surface area contributed by atoms with Crippen LogP contribution in [0.5, 0.6) is 0 Å². The van der Waals surface area contributed by atoms with Crippen LogP contribution < -0.4 is 0 Å². The number of carboxylic acid groups (broad SMARTS) is 1. The third-order valence-corrected chi connectivity index (χ3v) is 5.32. The molecule has 156 valence electrons. The van der Waals surface area contributed by atoms with Crippen molar-refractivity contribution in [1.29, 1.82) is 0 Å². The molecule has 1 aromatic rings. The van der Waals surface area contributed by atoms with E-state index in [9.17, 15) is 4.79 Å². The van der Waals surface area contributed by atoms with E-state index >= 15 is 0 Å². The van der Waals surface area contributed by atoms with Crippen molar-refractivity contribution in [3.05, 3.63) is 58.7 Å². The van der Waals surface area contributed by atoms with E-state index in [1.807, 2.05) is 13.0 Å². The second-order valence-corrected chi connectivity index (χ2v) is 9.13. The lowest BCUT2D eigenvalue weighted by Crippen LogP contribution is -2.29. The van der Waals surface area contributed by atoms with Gasteiger partial charge in [0.25, 0.3) is 0 Å². The Bertz CT molecular complexity index is 682. The first kappa shape index (κ1) is 24.2. The molecule has 0 bridgehead atoms. The standard InChI is InChI=1S/C25H38O3/c1-17(2)21-12-20(13-22(14-21)18(3)4)15-25(6,7)23(16-28-8)10-9-19(5)11-24(26)27/h9-14,17-18,23H,15-16H2,1-8H3,(H,26,27)/b10-9+,19-11+/t23-/m0/s1. The normalized spacial score (nSPS) is 14.3. The van der Waals surface area contributed by atoms with Gasteiger partial charge in [-0.3, -0.25) is 0 Å². The predicted octanol–water partition coefficient (Wildman–Crippen LogP) is 6.35. The first-order chi connectivity index (χ1) is 13.0. The Kier molecular flexibility index (Phi) is 9.16. The van der Waals surface area contributed by atoms with Crippen LogP contribution in [-0.4, -0.2) is 24.8 Å². The molecule has 0 radical (unpaired) electrons. The summed E-state index contributed by atoms with van der Waals surface area (Å²) in [7, 11) is 1.72. The summed E-state index contributed by atoms with van der Waals surface area (Å²) in [5.74, 6) is 0.259. The lowest BCUT2D eigenvalue weighted by molar-refractivity contribution is -0.131. The molecule has 0 spiro atoms. The van der Waals surface area contributed by atoms with E-state index in [-0.39, 0.29) is 11.3 Å². The van der Waals surface area contributed by atoms with E-state index in [4.69, 9.17) is 9.84 Å². The number of hydrogen-bond acceptors (Lipinski definition) is 2. The van der Waals surface area contributed by atoms with Gasteiger partial charge in [0.15, 0.2) is 0 Å². The number of allylic oxidation sites excluding steroid dienone is 2. The Morgan fingerprint density at radius 1 is 1.11 bits per heavy atom. The molecule has 1 atom stereocenters. The van der Waals surface area contributed by atoms with Crippen LogP contribution in [0.3, 0.4) is 0 Å². The summed E-state index contributed by atoms with van der Waals surface area (Å²) < 4.78 is 5.48. The number of aliphatic carboxylic acids is 1. The number of benzene rings is 1. The van der Waals surface area contributed by atoms with Gasteiger partial charge in [-0.05, 0) is 52.9 Å². The SMILES string of the molecule is COC[C@H](/C=C/C(C)=C/C(=O)O)C(C)(C)Cc1cc(C(C)C)cc(C(C)C)c1. The number of rotatable bonds is 10. The minimum atomic E-state index is -0.920. The van der Waals surface area contributed by atoms with E-state index in [2.05, 4.69) is 65.8 Å². The number of carboxylic acids is 1. The maximum atomic E-state index is 10.9. The minimum absolute atomic E-state index is 0.0279. The predicted molar refractivity (Wildman–Crippen MR) is 118 cm³/mol. The number of hydrogen-bond donors (Lipinski definition) is 1. The molecular weight excluding hydrogens is 348 g/mol. The highest BCUT2D eigenvalue weighted by molar-refractivity contribution is 5.81. The zero-order valence-corrected chi connectivity index (χ0v) is 18.9. The monoisotopic (exact) mass is 386 g/mol. The van der Waals surface area contributed by atoms with Gasteiger partial charge in [-0.2, -0.15) is 0 Å². The average Bonchev–Trinajstić information content (AvgIpc) is 2.56. The molecule has 28 heavy (non-hydrogen) atoms. The number of carbonyl (C=O) groups is 1. The molecule has 0 aliphatic heterocycles. The molecule has 0 aliphatic rings. The lowest BCUT2D eigenvalue weighted by Gasteiger charge is -2.33. The van der Waals surface area contributed by atoms with Crippen molar-refractivity contribution < 1.29 is 14.6 Å². The van der Waals surface area contributed by atoms with Gasteiger partial charge in [-0.25, -0.2) is 4.79 Å². The Hall–Kier alpha value is -1.87. The Balaban J connectivity index is 3.17. The Morgan fingerprint density at radius 2 is 1.64 bits per heavy atom. The molecule has 1 aromatic carbocycles. The lowest BCUT2D eigenvalue weighted by atomic mass is 9.73. The largest absolute Gasteiger partial charge is 0.478 e. The molecule has 3 heteroatoms. The zero-order chi connectivity index (χ0) is 21.5. The summed E-state index contributed by atoms with van der Waals surface area (Å²) in [6.07, 6.45) is 6.15. The summed E-state index contributed by atoms with van der Waals surface area (Å²) >= 11 is 0. The van der Waals surface area contributed by atoms with E-state index in [0.29, 0.717) is 18.4 Å². The Morgan fingerprint density at radius 3 is 2.07 bits per heavy atom. The molecule has 0 unspecified atom stereocenters. The van der Waals surface area contributed by atoms with Crippen molar-refractivity contribution in [1.82, 2.24) is 0 Å². The maximum absolute atomic E-state index is 10.9. The van der Waals surface area contributed by atoms with Crippen LogP contribution in [0.4, 0.5) is 0 Å². The summed E-state index contributed by atoms with van der Waals surface area (Å²) in [5, 5.41) is 8.91. The van der Waals surface area contributed by atoms with Gasteiger partial charge in [0.1, 0.15) is 0 Å². The molecule has 0 aromatic heterocycles. The van der Waals surface area contributed by atoms with Crippen LogP contribution in [-0.2, 0) is 16.0 Å². The molecule has 0 heterocycles. The highest BCUT2D eigenvalue weighted by Crippen LogP contribution is 2.34. The zero-order valence-electron chi connectivity index (χ0n) is 18.9. The topological polar surface area (TPSA) is 46.5 Å². The quantitative estimate of drug-likeness (QED) is 0.376. The summed E-state index contributed by atoms with van der Waals surface area (Å²) in [4.78, 5) is 10.9. The third kappa shape index (κ3) is 7.63. The fraction of sp³-hybridized carbons (Fsp3) is 0.560. The van der Waals surface area contributed by atoms with Gasteiger partial charge in [0.2, 0.25) is 0 Å². The first-order valence-corrected chi connectivity index (χ1v) is 10.2. The summed E-state index contributed by atoms with van der Waals surface area (Å²) in [5.41, 5.74) is 4.83. The van der Waals surface area contributed by atoms with Gasteiger partial charge in [-0.1, -0.05) is 71.9 Å². The first-order valence-electron chi connectivity index (χ1n) is 10.2. The van der Waals surface area contributed by atoms with Gasteiger partial charge in [0.05, 0.1) is 6.61 Å². The van der Waals surface area contributed by atoms with Crippen molar-refractivity contribution in [2.45, 2.75) is 66.7 Å². The number of methoxy groups -OCH3 is 1. The molecule has 0 amide bonds. The molecule has 0 aliphatic carbocycles. The van der Waals surface area contributed by atoms with Crippen molar-refractivity contribution >= 4 is 5.97 Å². The van der Waals surface area contributed by atoms with Crippen molar-refractivity contribution in [2.24, 2.45) is 11.3 Å². The van der Waals surface area contributed by atoms with Crippen LogP contribution in [0.2, 0.25) is 0 Å². The van der Waals surface area contributed by atoms with Gasteiger partial charge >= 0.3 is 5.97 Å². The van der Waals surface area contributed by atoms with Gasteiger partial charge < -0.3 is 9.84 Å². The van der Waals surface area contributed by atoms with Crippen molar-refractivity contribution in [3.8, 4) is 0 Å². The fourth-order valence-corrected chi connectivity index (χ4v) is 3.40. The van der Waals surface area contributed by atoms with Crippen LogP contribution in [0.25, 0.3) is 0 Å². The second-order valence-electron chi connectivity index (χ2n) is 9.13. The van der Waals surface area contributed by atoms with E-state index in [0.717, 1.165) is 12.0 Å². The highest BCUT2D eigenvalue weighted by atomic mass is 16.5. The van der Waals surface area contributed by atoms with E-state index < -0.39 is 5.97 Å². The molecule has 1 rings (SSSR count). The maximum Gasteiger partial charge on any atom is 0.328 e.